The molecule has 0 saturated heterocycles. The Morgan fingerprint density at radius 3 is 2.94 bits per heavy atom. The Hall–Kier alpha value is -1.65. The van der Waals surface area contributed by atoms with Gasteiger partial charge in [-0.2, -0.15) is 0 Å². The highest BCUT2D eigenvalue weighted by molar-refractivity contribution is 5.88. The third-order valence-electron chi connectivity index (χ3n) is 3.16. The van der Waals surface area contributed by atoms with Gasteiger partial charge in [0, 0.05) is 19.2 Å². The van der Waals surface area contributed by atoms with Gasteiger partial charge in [0.15, 0.2) is 0 Å². The van der Waals surface area contributed by atoms with Gasteiger partial charge >= 0.3 is 5.97 Å². The molecule has 1 aliphatic heterocycles. The number of aromatic nitrogens is 2. The predicted octanol–water partition coefficient (Wildman–Crippen LogP) is 1.54. The SMILES string of the molecule is CCOC(=O)c1cnc2n(c1=O)CCCCCC2. The van der Waals surface area contributed by atoms with Crippen molar-refractivity contribution >= 4 is 5.97 Å². The molecule has 1 aromatic heterocycles. The van der Waals surface area contributed by atoms with Crippen molar-refractivity contribution in [2.24, 2.45) is 0 Å². The minimum absolute atomic E-state index is 0.0428. The minimum Gasteiger partial charge on any atom is -0.462 e. The Kier molecular flexibility index (Phi) is 4.12. The third-order valence-corrected chi connectivity index (χ3v) is 3.16. The summed E-state index contributed by atoms with van der Waals surface area (Å²) in [6.45, 7) is 2.63. The number of esters is 1. The van der Waals surface area contributed by atoms with E-state index in [1.54, 1.807) is 11.5 Å². The van der Waals surface area contributed by atoms with E-state index in [9.17, 15) is 9.59 Å². The number of ether oxygens (including phenoxy) is 1. The minimum atomic E-state index is -0.577. The average molecular weight is 250 g/mol. The first-order chi connectivity index (χ1) is 8.74. The number of fused-ring (bicyclic) bond motifs is 1. The Morgan fingerprint density at radius 1 is 1.39 bits per heavy atom. The number of rotatable bonds is 2. The third kappa shape index (κ3) is 2.60. The van der Waals surface area contributed by atoms with E-state index < -0.39 is 5.97 Å². The normalized spacial score (nSPS) is 15.4. The highest BCUT2D eigenvalue weighted by Gasteiger charge is 2.17. The molecule has 0 saturated carbocycles. The monoisotopic (exact) mass is 250 g/mol. The highest BCUT2D eigenvalue weighted by atomic mass is 16.5. The van der Waals surface area contributed by atoms with E-state index in [-0.39, 0.29) is 17.7 Å². The van der Waals surface area contributed by atoms with Gasteiger partial charge in [-0.3, -0.25) is 9.36 Å². The lowest BCUT2D eigenvalue weighted by atomic mass is 10.1. The lowest BCUT2D eigenvalue weighted by Crippen LogP contribution is -2.31. The molecule has 0 N–H and O–H groups in total. The van der Waals surface area contributed by atoms with Gasteiger partial charge in [0.05, 0.1) is 6.61 Å². The first-order valence-electron chi connectivity index (χ1n) is 6.50. The van der Waals surface area contributed by atoms with Crippen LogP contribution in [0.25, 0.3) is 0 Å². The molecule has 0 radical (unpaired) electrons. The van der Waals surface area contributed by atoms with Crippen LogP contribution < -0.4 is 5.56 Å². The standard InChI is InChI=1S/C13H18N2O3/c1-2-18-13(17)10-9-14-11-7-5-3-4-6-8-15(11)12(10)16/h9H,2-8H2,1H3. The number of aryl methyl sites for hydroxylation is 1. The van der Waals surface area contributed by atoms with Crippen molar-refractivity contribution in [3.8, 4) is 0 Å². The summed E-state index contributed by atoms with van der Waals surface area (Å²) in [6, 6.07) is 0. The van der Waals surface area contributed by atoms with Crippen molar-refractivity contribution in [1.82, 2.24) is 9.55 Å². The summed E-state index contributed by atoms with van der Waals surface area (Å²) in [5.41, 5.74) is -0.221. The molecule has 0 unspecified atom stereocenters. The fourth-order valence-electron chi connectivity index (χ4n) is 2.21. The molecule has 2 rings (SSSR count). The van der Waals surface area contributed by atoms with Crippen LogP contribution in [0, 0.1) is 0 Å². The second-order valence-corrected chi connectivity index (χ2v) is 4.43. The van der Waals surface area contributed by atoms with Crippen LogP contribution in [0.15, 0.2) is 11.0 Å². The van der Waals surface area contributed by atoms with Gasteiger partial charge in [0.2, 0.25) is 0 Å². The maximum Gasteiger partial charge on any atom is 0.345 e. The van der Waals surface area contributed by atoms with E-state index in [1.807, 2.05) is 0 Å². The number of carbonyl (C=O) groups is 1. The van der Waals surface area contributed by atoms with Gasteiger partial charge in [-0.25, -0.2) is 9.78 Å². The molecule has 2 heterocycles. The summed E-state index contributed by atoms with van der Waals surface area (Å²) in [4.78, 5) is 28.1. The Balaban J connectivity index is 2.38. The van der Waals surface area contributed by atoms with E-state index in [1.165, 1.54) is 12.6 Å². The summed E-state index contributed by atoms with van der Waals surface area (Å²) < 4.78 is 6.49. The second-order valence-electron chi connectivity index (χ2n) is 4.43. The van der Waals surface area contributed by atoms with Crippen LogP contribution in [0.5, 0.6) is 0 Å². The molecule has 0 fully saturated rings. The van der Waals surface area contributed by atoms with E-state index in [0.29, 0.717) is 6.54 Å². The summed E-state index contributed by atoms with van der Waals surface area (Å²) in [6.07, 6.45) is 6.46. The van der Waals surface area contributed by atoms with Crippen LogP contribution in [0.4, 0.5) is 0 Å². The summed E-state index contributed by atoms with van der Waals surface area (Å²) >= 11 is 0. The number of nitrogens with zero attached hydrogens (tertiary/aromatic N) is 2. The number of hydrogen-bond donors (Lipinski definition) is 0. The zero-order chi connectivity index (χ0) is 13.0. The lowest BCUT2D eigenvalue weighted by Gasteiger charge is -2.15. The Labute approximate surface area is 106 Å². The molecule has 0 aliphatic carbocycles. The lowest BCUT2D eigenvalue weighted by molar-refractivity contribution is 0.0522. The zero-order valence-electron chi connectivity index (χ0n) is 10.6. The van der Waals surface area contributed by atoms with Crippen molar-refractivity contribution < 1.29 is 9.53 Å². The molecular weight excluding hydrogens is 232 g/mol. The number of carbonyl (C=O) groups excluding carboxylic acids is 1. The number of hydrogen-bond acceptors (Lipinski definition) is 4. The molecule has 0 aromatic carbocycles. The van der Waals surface area contributed by atoms with Gasteiger partial charge in [-0.05, 0) is 19.8 Å². The average Bonchev–Trinajstić information content (AvgIpc) is 2.31. The van der Waals surface area contributed by atoms with E-state index in [0.717, 1.165) is 31.5 Å². The van der Waals surface area contributed by atoms with Crippen molar-refractivity contribution in [3.05, 3.63) is 27.9 Å². The van der Waals surface area contributed by atoms with Crippen LogP contribution in [0.2, 0.25) is 0 Å². The first kappa shape index (κ1) is 12.8. The van der Waals surface area contributed by atoms with Crippen molar-refractivity contribution in [3.63, 3.8) is 0 Å². The van der Waals surface area contributed by atoms with Crippen molar-refractivity contribution in [2.45, 2.75) is 45.6 Å². The van der Waals surface area contributed by atoms with Gasteiger partial charge in [-0.15, -0.1) is 0 Å². The fraction of sp³-hybridized carbons (Fsp3) is 0.615. The van der Waals surface area contributed by atoms with E-state index >= 15 is 0 Å². The Morgan fingerprint density at radius 2 is 2.17 bits per heavy atom. The fourth-order valence-corrected chi connectivity index (χ4v) is 2.21. The van der Waals surface area contributed by atoms with Crippen LogP contribution >= 0.6 is 0 Å². The van der Waals surface area contributed by atoms with Gasteiger partial charge in [0.1, 0.15) is 11.4 Å². The quantitative estimate of drug-likeness (QED) is 0.747. The molecular formula is C13H18N2O3. The molecule has 18 heavy (non-hydrogen) atoms. The summed E-state index contributed by atoms with van der Waals surface area (Å²) in [5.74, 6) is 0.208. The van der Waals surface area contributed by atoms with E-state index in [4.69, 9.17) is 4.74 Å². The van der Waals surface area contributed by atoms with Gasteiger partial charge in [0.25, 0.3) is 5.56 Å². The molecule has 5 heteroatoms. The maximum absolute atomic E-state index is 12.2. The van der Waals surface area contributed by atoms with Crippen LogP contribution in [-0.2, 0) is 17.7 Å². The topological polar surface area (TPSA) is 61.2 Å². The van der Waals surface area contributed by atoms with Gasteiger partial charge in [-0.1, -0.05) is 12.8 Å². The second kappa shape index (κ2) is 5.80. The molecule has 0 bridgehead atoms. The van der Waals surface area contributed by atoms with Crippen LogP contribution in [-0.4, -0.2) is 22.1 Å². The highest BCUT2D eigenvalue weighted by Crippen LogP contribution is 2.11. The smallest absolute Gasteiger partial charge is 0.345 e. The molecule has 98 valence electrons. The van der Waals surface area contributed by atoms with Crippen molar-refractivity contribution in [1.29, 1.82) is 0 Å². The molecule has 1 aliphatic rings. The van der Waals surface area contributed by atoms with Gasteiger partial charge < -0.3 is 4.74 Å². The summed E-state index contributed by atoms with van der Waals surface area (Å²) in [5, 5.41) is 0. The largest absolute Gasteiger partial charge is 0.462 e. The first-order valence-corrected chi connectivity index (χ1v) is 6.50. The molecule has 0 spiro atoms. The maximum atomic E-state index is 12.2. The van der Waals surface area contributed by atoms with Crippen LogP contribution in [0.3, 0.4) is 0 Å². The predicted molar refractivity (Wildman–Crippen MR) is 66.6 cm³/mol. The van der Waals surface area contributed by atoms with Crippen LogP contribution in [0.1, 0.15) is 48.8 Å². The van der Waals surface area contributed by atoms with Crippen molar-refractivity contribution in [2.75, 3.05) is 6.61 Å². The Bertz CT molecular complexity index is 493. The zero-order valence-corrected chi connectivity index (χ0v) is 10.6. The molecule has 0 amide bonds. The molecule has 1 aromatic rings. The van der Waals surface area contributed by atoms with E-state index in [2.05, 4.69) is 4.98 Å². The molecule has 0 atom stereocenters. The molecule has 5 nitrogen and oxygen atoms in total. The summed E-state index contributed by atoms with van der Waals surface area (Å²) in [7, 11) is 0.